The monoisotopic (exact) mass is 309 g/mol. The zero-order valence-corrected chi connectivity index (χ0v) is 11.9. The largest absolute Gasteiger partial charge is 0.393 e. The van der Waals surface area contributed by atoms with E-state index in [-0.39, 0.29) is 17.4 Å². The van der Waals surface area contributed by atoms with Crippen LogP contribution < -0.4 is 0 Å². The number of amides is 1. The van der Waals surface area contributed by atoms with E-state index < -0.39 is 0 Å². The molecule has 2 fully saturated rings. The van der Waals surface area contributed by atoms with E-state index in [0.717, 1.165) is 41.5 Å². The Morgan fingerprint density at radius 1 is 1.44 bits per heavy atom. The Hall–Kier alpha value is -0.870. The fourth-order valence-corrected chi connectivity index (χ4v) is 3.62. The van der Waals surface area contributed by atoms with Crippen molar-refractivity contribution < 1.29 is 9.90 Å². The number of aliphatic hydroxyl groups excluding tert-OH is 1. The molecule has 1 aromatic rings. The van der Waals surface area contributed by atoms with Gasteiger partial charge in [0.05, 0.1) is 6.10 Å². The number of hydrogen-bond acceptors (Lipinski definition) is 2. The summed E-state index contributed by atoms with van der Waals surface area (Å²) in [4.78, 5) is 14.2. The van der Waals surface area contributed by atoms with Crippen LogP contribution in [0.15, 0.2) is 22.7 Å². The summed E-state index contributed by atoms with van der Waals surface area (Å²) >= 11 is 3.41. The Kier molecular flexibility index (Phi) is 2.75. The molecule has 0 bridgehead atoms. The molecular weight excluding hydrogens is 294 g/mol. The van der Waals surface area contributed by atoms with E-state index >= 15 is 0 Å². The van der Waals surface area contributed by atoms with Crippen molar-refractivity contribution in [2.75, 3.05) is 13.1 Å². The minimum absolute atomic E-state index is 0.118. The number of nitrogens with zero attached hydrogens (tertiary/aromatic N) is 1. The van der Waals surface area contributed by atoms with Gasteiger partial charge in [0.25, 0.3) is 5.91 Å². The Labute approximate surface area is 115 Å². The number of aryl methyl sites for hydroxylation is 1. The third kappa shape index (κ3) is 1.88. The molecule has 0 atom stereocenters. The van der Waals surface area contributed by atoms with Crippen molar-refractivity contribution >= 4 is 21.8 Å². The number of rotatable bonds is 1. The molecule has 1 aliphatic heterocycles. The van der Waals surface area contributed by atoms with Crippen LogP contribution in [0.5, 0.6) is 0 Å². The Balaban J connectivity index is 1.69. The Morgan fingerprint density at radius 2 is 2.11 bits per heavy atom. The number of likely N-dealkylation sites (tertiary alicyclic amines) is 1. The first-order valence-electron chi connectivity index (χ1n) is 6.23. The number of halogens is 1. The molecule has 0 unspecified atom stereocenters. The summed E-state index contributed by atoms with van der Waals surface area (Å²) in [5.74, 6) is 0.118. The predicted molar refractivity (Wildman–Crippen MR) is 72.5 cm³/mol. The maximum atomic E-state index is 12.3. The first-order valence-corrected chi connectivity index (χ1v) is 7.02. The summed E-state index contributed by atoms with van der Waals surface area (Å²) in [5, 5.41) is 9.36. The van der Waals surface area contributed by atoms with Gasteiger partial charge in [-0.15, -0.1) is 0 Å². The van der Waals surface area contributed by atoms with Crippen LogP contribution in [0.25, 0.3) is 0 Å². The van der Waals surface area contributed by atoms with E-state index in [0.29, 0.717) is 0 Å². The molecule has 1 saturated heterocycles. The van der Waals surface area contributed by atoms with Crippen LogP contribution in [0.3, 0.4) is 0 Å². The molecule has 1 heterocycles. The fourth-order valence-electron chi connectivity index (χ4n) is 3.14. The molecule has 1 saturated carbocycles. The first kappa shape index (κ1) is 12.2. The molecule has 96 valence electrons. The lowest BCUT2D eigenvalue weighted by atomic mass is 9.62. The van der Waals surface area contributed by atoms with Crippen molar-refractivity contribution in [3.8, 4) is 0 Å². The van der Waals surface area contributed by atoms with E-state index in [1.165, 1.54) is 0 Å². The number of carbonyl (C=O) groups is 1. The second-order valence-electron chi connectivity index (χ2n) is 5.68. The van der Waals surface area contributed by atoms with Gasteiger partial charge in [-0.1, -0.05) is 15.9 Å². The number of aliphatic hydroxyl groups is 1. The van der Waals surface area contributed by atoms with E-state index in [9.17, 15) is 9.90 Å². The fraction of sp³-hybridized carbons (Fsp3) is 0.500. The molecule has 1 spiro atoms. The van der Waals surface area contributed by atoms with Crippen molar-refractivity contribution in [3.05, 3.63) is 33.8 Å². The van der Waals surface area contributed by atoms with Crippen molar-refractivity contribution in [1.82, 2.24) is 4.90 Å². The minimum Gasteiger partial charge on any atom is -0.393 e. The minimum atomic E-state index is -0.142. The van der Waals surface area contributed by atoms with Gasteiger partial charge in [0, 0.05) is 28.5 Å². The Bertz CT molecular complexity index is 501. The molecule has 3 rings (SSSR count). The van der Waals surface area contributed by atoms with E-state index in [1.807, 2.05) is 30.0 Å². The molecule has 1 amide bonds. The molecule has 0 aromatic heterocycles. The smallest absolute Gasteiger partial charge is 0.254 e. The van der Waals surface area contributed by atoms with Crippen molar-refractivity contribution in [3.63, 3.8) is 0 Å². The maximum absolute atomic E-state index is 12.3. The molecule has 0 radical (unpaired) electrons. The van der Waals surface area contributed by atoms with Crippen molar-refractivity contribution in [2.45, 2.75) is 25.9 Å². The molecule has 4 heteroatoms. The topological polar surface area (TPSA) is 40.5 Å². The summed E-state index contributed by atoms with van der Waals surface area (Å²) < 4.78 is 0.999. The van der Waals surface area contributed by atoms with Crippen LogP contribution >= 0.6 is 15.9 Å². The lowest BCUT2D eigenvalue weighted by molar-refractivity contribution is -0.113. The van der Waals surface area contributed by atoms with Crippen molar-refractivity contribution in [1.29, 1.82) is 0 Å². The number of hydrogen-bond donors (Lipinski definition) is 1. The van der Waals surface area contributed by atoms with Gasteiger partial charge >= 0.3 is 0 Å². The van der Waals surface area contributed by atoms with Gasteiger partial charge in [-0.25, -0.2) is 0 Å². The SMILES string of the molecule is Cc1cc(Br)ccc1C(=O)N1CC2(CC(O)C2)C1. The second-order valence-corrected chi connectivity index (χ2v) is 6.60. The quantitative estimate of drug-likeness (QED) is 0.865. The summed E-state index contributed by atoms with van der Waals surface area (Å²) in [5.41, 5.74) is 2.02. The molecule has 2 aliphatic rings. The number of carbonyl (C=O) groups excluding carboxylic acids is 1. The summed E-state index contributed by atoms with van der Waals surface area (Å²) in [6.07, 6.45) is 1.57. The summed E-state index contributed by atoms with van der Waals surface area (Å²) in [6.45, 7) is 3.57. The van der Waals surface area contributed by atoms with Gasteiger partial charge < -0.3 is 10.0 Å². The highest BCUT2D eigenvalue weighted by Gasteiger charge is 2.53. The van der Waals surface area contributed by atoms with E-state index in [2.05, 4.69) is 15.9 Å². The maximum Gasteiger partial charge on any atom is 0.254 e. The van der Waals surface area contributed by atoms with Crippen LogP contribution in [-0.2, 0) is 0 Å². The van der Waals surface area contributed by atoms with Gasteiger partial charge in [-0.05, 0) is 43.5 Å². The summed E-state index contributed by atoms with van der Waals surface area (Å²) in [6, 6.07) is 5.75. The summed E-state index contributed by atoms with van der Waals surface area (Å²) in [7, 11) is 0. The normalized spacial score (nSPS) is 21.6. The molecule has 1 aliphatic carbocycles. The lowest BCUT2D eigenvalue weighted by Crippen LogP contribution is -2.65. The van der Waals surface area contributed by atoms with E-state index in [4.69, 9.17) is 0 Å². The van der Waals surface area contributed by atoms with Crippen LogP contribution in [0.4, 0.5) is 0 Å². The third-order valence-corrected chi connectivity index (χ3v) is 4.59. The zero-order valence-electron chi connectivity index (χ0n) is 10.3. The third-order valence-electron chi connectivity index (χ3n) is 4.10. The standard InChI is InChI=1S/C14H16BrNO2/c1-9-4-10(15)2-3-12(9)13(18)16-7-14(8-16)5-11(17)6-14/h2-4,11,17H,5-8H2,1H3. The van der Waals surface area contributed by atoms with Gasteiger partial charge in [0.15, 0.2) is 0 Å². The van der Waals surface area contributed by atoms with Gasteiger partial charge in [0.2, 0.25) is 0 Å². The van der Waals surface area contributed by atoms with Crippen LogP contribution in [0.2, 0.25) is 0 Å². The highest BCUT2D eigenvalue weighted by molar-refractivity contribution is 9.10. The molecular formula is C14H16BrNO2. The lowest BCUT2D eigenvalue weighted by Gasteiger charge is -2.57. The van der Waals surface area contributed by atoms with E-state index in [1.54, 1.807) is 0 Å². The average molecular weight is 310 g/mol. The average Bonchev–Trinajstić information content (AvgIpc) is 2.20. The van der Waals surface area contributed by atoms with Crippen LogP contribution in [0, 0.1) is 12.3 Å². The molecule has 1 aromatic carbocycles. The first-order chi connectivity index (χ1) is 8.49. The predicted octanol–water partition coefficient (Wildman–Crippen LogP) is 2.35. The van der Waals surface area contributed by atoms with Crippen molar-refractivity contribution in [2.24, 2.45) is 5.41 Å². The molecule has 18 heavy (non-hydrogen) atoms. The Morgan fingerprint density at radius 3 is 2.67 bits per heavy atom. The van der Waals surface area contributed by atoms with Crippen LogP contribution in [0.1, 0.15) is 28.8 Å². The second kappa shape index (κ2) is 4.07. The zero-order chi connectivity index (χ0) is 12.9. The molecule has 3 nitrogen and oxygen atoms in total. The van der Waals surface area contributed by atoms with Gasteiger partial charge in [-0.2, -0.15) is 0 Å². The highest BCUT2D eigenvalue weighted by Crippen LogP contribution is 2.48. The van der Waals surface area contributed by atoms with Gasteiger partial charge in [-0.3, -0.25) is 4.79 Å². The number of benzene rings is 1. The molecule has 1 N–H and O–H groups in total. The highest BCUT2D eigenvalue weighted by atomic mass is 79.9. The van der Waals surface area contributed by atoms with Crippen LogP contribution in [-0.4, -0.2) is 35.1 Å². The van der Waals surface area contributed by atoms with Gasteiger partial charge in [0.1, 0.15) is 0 Å².